The van der Waals surface area contributed by atoms with Crippen LogP contribution in [0.3, 0.4) is 0 Å². The Labute approximate surface area is 121 Å². The number of hydrogen-bond donors (Lipinski definition) is 2. The van der Waals surface area contributed by atoms with Gasteiger partial charge in [-0.1, -0.05) is 26.1 Å². The summed E-state index contributed by atoms with van der Waals surface area (Å²) in [5, 5.41) is 2.86. The number of carbonyl (C=O) groups is 1. The van der Waals surface area contributed by atoms with Crippen molar-refractivity contribution in [1.82, 2.24) is 10.2 Å². The van der Waals surface area contributed by atoms with Gasteiger partial charge in [0.1, 0.15) is 0 Å². The minimum atomic E-state index is -0.186. The van der Waals surface area contributed by atoms with Gasteiger partial charge in [0.25, 0.3) is 0 Å². The molecule has 0 rings (SSSR count). The number of nitrogens with zero attached hydrogens (tertiary/aromatic N) is 1. The van der Waals surface area contributed by atoms with Crippen LogP contribution in [0, 0.1) is 5.92 Å². The second-order valence-electron chi connectivity index (χ2n) is 5.06. The van der Waals surface area contributed by atoms with Gasteiger partial charge < -0.3 is 15.8 Å². The van der Waals surface area contributed by atoms with Crippen molar-refractivity contribution in [3.8, 4) is 0 Å². The van der Waals surface area contributed by atoms with Crippen molar-refractivity contribution in [2.75, 3.05) is 33.4 Å². The lowest BCUT2D eigenvalue weighted by molar-refractivity contribution is -0.126. The Kier molecular flexibility index (Phi) is 9.73. The number of nitrogens with two attached hydrogens (primary N) is 1. The molecule has 0 saturated heterocycles. The number of amides is 1. The number of methoxy groups -OCH3 is 1. The van der Waals surface area contributed by atoms with Crippen LogP contribution in [-0.2, 0) is 9.53 Å². The summed E-state index contributed by atoms with van der Waals surface area (Å²) in [4.78, 5) is 14.6. The number of carbonyl (C=O) groups excluding carboxylic acids is 1. The second-order valence-corrected chi connectivity index (χ2v) is 5.59. The van der Waals surface area contributed by atoms with E-state index >= 15 is 0 Å². The highest BCUT2D eigenvalue weighted by Crippen LogP contribution is 2.06. The predicted molar refractivity (Wildman–Crippen MR) is 82.2 cm³/mol. The van der Waals surface area contributed by atoms with Crippen LogP contribution < -0.4 is 11.1 Å². The van der Waals surface area contributed by atoms with Crippen molar-refractivity contribution >= 4 is 23.1 Å². The fourth-order valence-corrected chi connectivity index (χ4v) is 1.85. The lowest BCUT2D eigenvalue weighted by Crippen LogP contribution is -2.48. The zero-order valence-electron chi connectivity index (χ0n) is 12.4. The van der Waals surface area contributed by atoms with Gasteiger partial charge in [0.05, 0.1) is 17.6 Å². The molecule has 6 heteroatoms. The summed E-state index contributed by atoms with van der Waals surface area (Å²) in [6.45, 7) is 8.78. The molecule has 0 spiro atoms. The Morgan fingerprint density at radius 3 is 2.53 bits per heavy atom. The third-order valence-corrected chi connectivity index (χ3v) is 2.98. The standard InChI is InChI=1S/C13H27N3O2S/c1-10(2)9-16(7-5-12(14)19)11(3)13(17)15-6-8-18-4/h10-11H,5-9H2,1-4H3,(H2,14,19)(H,15,17). The molecule has 0 aliphatic carbocycles. The Morgan fingerprint density at radius 2 is 2.05 bits per heavy atom. The van der Waals surface area contributed by atoms with Gasteiger partial charge in [0.2, 0.25) is 5.91 Å². The molecule has 0 aromatic heterocycles. The first-order chi connectivity index (χ1) is 8.88. The Hall–Kier alpha value is -0.720. The molecule has 1 unspecified atom stereocenters. The molecule has 0 heterocycles. The summed E-state index contributed by atoms with van der Waals surface area (Å²) in [6, 6.07) is -0.186. The number of nitrogens with one attached hydrogen (secondary N) is 1. The molecule has 3 N–H and O–H groups in total. The van der Waals surface area contributed by atoms with Crippen LogP contribution >= 0.6 is 12.2 Å². The average molecular weight is 289 g/mol. The number of hydrogen-bond acceptors (Lipinski definition) is 4. The van der Waals surface area contributed by atoms with Crippen molar-refractivity contribution in [3.05, 3.63) is 0 Å². The second kappa shape index (κ2) is 10.1. The highest BCUT2D eigenvalue weighted by molar-refractivity contribution is 7.80. The van der Waals surface area contributed by atoms with E-state index in [4.69, 9.17) is 22.7 Å². The molecule has 112 valence electrons. The van der Waals surface area contributed by atoms with E-state index in [1.807, 2.05) is 6.92 Å². The summed E-state index contributed by atoms with van der Waals surface area (Å²) in [5.41, 5.74) is 5.53. The van der Waals surface area contributed by atoms with Crippen molar-refractivity contribution in [1.29, 1.82) is 0 Å². The van der Waals surface area contributed by atoms with E-state index in [-0.39, 0.29) is 11.9 Å². The van der Waals surface area contributed by atoms with Gasteiger partial charge in [0.15, 0.2) is 0 Å². The third-order valence-electron chi connectivity index (χ3n) is 2.78. The highest BCUT2D eigenvalue weighted by Gasteiger charge is 2.21. The summed E-state index contributed by atoms with van der Waals surface area (Å²) < 4.78 is 4.91. The van der Waals surface area contributed by atoms with Crippen molar-refractivity contribution in [3.63, 3.8) is 0 Å². The fraction of sp³-hybridized carbons (Fsp3) is 0.846. The zero-order valence-corrected chi connectivity index (χ0v) is 13.3. The van der Waals surface area contributed by atoms with Crippen molar-refractivity contribution < 1.29 is 9.53 Å². The minimum absolute atomic E-state index is 0.0145. The number of rotatable bonds is 10. The lowest BCUT2D eigenvalue weighted by Gasteiger charge is -2.29. The summed E-state index contributed by atoms with van der Waals surface area (Å²) in [7, 11) is 1.61. The third kappa shape index (κ3) is 8.91. The zero-order chi connectivity index (χ0) is 14.8. The van der Waals surface area contributed by atoms with E-state index in [9.17, 15) is 4.79 Å². The van der Waals surface area contributed by atoms with Gasteiger partial charge in [-0.2, -0.15) is 0 Å². The normalized spacial score (nSPS) is 12.7. The van der Waals surface area contributed by atoms with E-state index in [0.29, 0.717) is 37.0 Å². The first kappa shape index (κ1) is 18.3. The Morgan fingerprint density at radius 1 is 1.42 bits per heavy atom. The maximum absolute atomic E-state index is 12.0. The van der Waals surface area contributed by atoms with E-state index in [2.05, 4.69) is 24.1 Å². The molecule has 5 nitrogen and oxygen atoms in total. The first-order valence-electron chi connectivity index (χ1n) is 6.67. The molecule has 0 radical (unpaired) electrons. The first-order valence-corrected chi connectivity index (χ1v) is 7.08. The van der Waals surface area contributed by atoms with Crippen LogP contribution in [0.2, 0.25) is 0 Å². The fourth-order valence-electron chi connectivity index (χ4n) is 1.76. The predicted octanol–water partition coefficient (Wildman–Crippen LogP) is 0.772. The van der Waals surface area contributed by atoms with Crippen molar-refractivity contribution in [2.24, 2.45) is 11.7 Å². The molecule has 0 aromatic rings. The van der Waals surface area contributed by atoms with Crippen LogP contribution in [0.25, 0.3) is 0 Å². The average Bonchev–Trinajstić information content (AvgIpc) is 2.33. The maximum atomic E-state index is 12.0. The van der Waals surface area contributed by atoms with Crippen LogP contribution in [-0.4, -0.2) is 55.2 Å². The highest BCUT2D eigenvalue weighted by atomic mass is 32.1. The Balaban J connectivity index is 4.37. The molecule has 1 amide bonds. The molecule has 0 saturated carbocycles. The van der Waals surface area contributed by atoms with E-state index in [1.165, 1.54) is 0 Å². The molecule has 19 heavy (non-hydrogen) atoms. The molecule has 0 aliphatic rings. The van der Waals surface area contributed by atoms with E-state index < -0.39 is 0 Å². The minimum Gasteiger partial charge on any atom is -0.393 e. The molecule has 1 atom stereocenters. The van der Waals surface area contributed by atoms with Crippen LogP contribution in [0.4, 0.5) is 0 Å². The summed E-state index contributed by atoms with van der Waals surface area (Å²) >= 11 is 4.90. The van der Waals surface area contributed by atoms with Gasteiger partial charge in [-0.15, -0.1) is 0 Å². The van der Waals surface area contributed by atoms with Gasteiger partial charge in [-0.05, 0) is 12.8 Å². The quantitative estimate of drug-likeness (QED) is 0.459. The van der Waals surface area contributed by atoms with Crippen molar-refractivity contribution in [2.45, 2.75) is 33.2 Å². The van der Waals surface area contributed by atoms with E-state index in [0.717, 1.165) is 6.54 Å². The summed E-state index contributed by atoms with van der Waals surface area (Å²) in [6.07, 6.45) is 0.637. The van der Waals surface area contributed by atoms with Crippen LogP contribution in [0.15, 0.2) is 0 Å². The van der Waals surface area contributed by atoms with Crippen LogP contribution in [0.1, 0.15) is 27.2 Å². The SMILES string of the molecule is COCCNC(=O)C(C)N(CCC(N)=S)CC(C)C. The van der Waals surface area contributed by atoms with E-state index in [1.54, 1.807) is 7.11 Å². The molecular weight excluding hydrogens is 262 g/mol. The topological polar surface area (TPSA) is 67.6 Å². The molecule has 0 bridgehead atoms. The Bertz CT molecular complexity index is 285. The van der Waals surface area contributed by atoms with Gasteiger partial charge >= 0.3 is 0 Å². The molecule has 0 fully saturated rings. The van der Waals surface area contributed by atoms with Gasteiger partial charge in [0, 0.05) is 33.2 Å². The van der Waals surface area contributed by atoms with Gasteiger partial charge in [-0.3, -0.25) is 9.69 Å². The molecule has 0 aromatic carbocycles. The lowest BCUT2D eigenvalue weighted by atomic mass is 10.1. The van der Waals surface area contributed by atoms with Gasteiger partial charge in [-0.25, -0.2) is 0 Å². The number of ether oxygens (including phenoxy) is 1. The maximum Gasteiger partial charge on any atom is 0.237 e. The van der Waals surface area contributed by atoms with Crippen LogP contribution in [0.5, 0.6) is 0 Å². The monoisotopic (exact) mass is 289 g/mol. The molecular formula is C13H27N3O2S. The molecule has 0 aliphatic heterocycles. The largest absolute Gasteiger partial charge is 0.393 e. The summed E-state index contributed by atoms with van der Waals surface area (Å²) in [5.74, 6) is 0.501. The number of thiocarbonyl (C=S) groups is 1. The smallest absolute Gasteiger partial charge is 0.237 e.